The predicted octanol–water partition coefficient (Wildman–Crippen LogP) is 7.65. The number of nitrogens with one attached hydrogen (secondary N) is 2. The van der Waals surface area contributed by atoms with Crippen molar-refractivity contribution in [2.75, 3.05) is 26.3 Å². The SMILES string of the molecule is CC(C(O)N=C1CCC/C=C\C(F)=C1CCC1CNC(COC(=O)NCC(F)(F)F)CO1)C(C=C1C=CC=CC1)c1ccc(Cl)cc1. The van der Waals surface area contributed by atoms with E-state index in [1.807, 2.05) is 43.3 Å². The Bertz CT molecular complexity index is 1380. The smallest absolute Gasteiger partial charge is 0.407 e. The number of amides is 1. The number of ether oxygens (including phenoxy) is 2. The van der Waals surface area contributed by atoms with Crippen LogP contribution in [0.4, 0.5) is 22.4 Å². The Labute approximate surface area is 278 Å². The van der Waals surface area contributed by atoms with Crippen LogP contribution >= 0.6 is 11.6 Å². The van der Waals surface area contributed by atoms with Crippen molar-refractivity contribution < 1.29 is 36.9 Å². The summed E-state index contributed by atoms with van der Waals surface area (Å²) in [7, 11) is 0. The molecule has 0 aromatic heterocycles. The minimum atomic E-state index is -4.53. The fourth-order valence-electron chi connectivity index (χ4n) is 5.62. The molecule has 47 heavy (non-hydrogen) atoms. The maximum atomic E-state index is 15.5. The molecule has 1 aromatic rings. The second-order valence-corrected chi connectivity index (χ2v) is 12.4. The first-order chi connectivity index (χ1) is 22.5. The average molecular weight is 680 g/mol. The summed E-state index contributed by atoms with van der Waals surface area (Å²) in [5, 5.41) is 16.9. The molecule has 2 aliphatic carbocycles. The quantitative estimate of drug-likeness (QED) is 0.209. The molecule has 0 spiro atoms. The molecule has 12 heteroatoms. The molecule has 0 radical (unpaired) electrons. The standard InChI is InChI=1S/C35H42ClF4N3O4/c1-23(30(18-24-8-4-2-5-9-24)25-12-14-26(36)15-13-25)33(44)43-32-11-7-3-6-10-31(37)29(32)17-16-28-19-41-27(20-46-28)21-47-34(45)42-22-35(38,39)40/h2,4-6,8,10,12-15,18,23,27-28,30,33,41,44H,3,7,9,11,16-17,19-22H2,1H3,(H,42,45)/b10-6-,24-18?,31-29?,43-32?. The van der Waals surface area contributed by atoms with Gasteiger partial charge in [-0.1, -0.05) is 67.1 Å². The van der Waals surface area contributed by atoms with E-state index in [1.54, 1.807) is 11.4 Å². The van der Waals surface area contributed by atoms with Crippen LogP contribution in [0.1, 0.15) is 56.9 Å². The number of carbonyl (C=O) groups is 1. The molecule has 5 atom stereocenters. The summed E-state index contributed by atoms with van der Waals surface area (Å²) in [5.74, 6) is -0.891. The maximum absolute atomic E-state index is 15.5. The topological polar surface area (TPSA) is 92.2 Å². The molecule has 3 aliphatic rings. The van der Waals surface area contributed by atoms with Gasteiger partial charge in [-0.05, 0) is 67.9 Å². The number of aliphatic hydroxyl groups is 1. The second-order valence-electron chi connectivity index (χ2n) is 11.9. The fourth-order valence-corrected chi connectivity index (χ4v) is 5.74. The Morgan fingerprint density at radius 1 is 1.23 bits per heavy atom. The Morgan fingerprint density at radius 3 is 2.70 bits per heavy atom. The maximum Gasteiger partial charge on any atom is 0.407 e. The van der Waals surface area contributed by atoms with Crippen molar-refractivity contribution in [3.05, 3.63) is 94.4 Å². The largest absolute Gasteiger partial charge is 0.448 e. The van der Waals surface area contributed by atoms with Crippen molar-refractivity contribution in [3.63, 3.8) is 0 Å². The number of alkyl carbamates (subject to hydrolysis) is 1. The van der Waals surface area contributed by atoms with E-state index >= 15 is 4.39 Å². The zero-order valence-electron chi connectivity index (χ0n) is 26.3. The van der Waals surface area contributed by atoms with Crippen LogP contribution in [-0.4, -0.2) is 67.8 Å². The summed E-state index contributed by atoms with van der Waals surface area (Å²) in [6, 6.07) is 7.17. The highest BCUT2D eigenvalue weighted by atomic mass is 35.5. The van der Waals surface area contributed by atoms with Crippen molar-refractivity contribution >= 4 is 23.4 Å². The number of alkyl halides is 3. The van der Waals surface area contributed by atoms with Crippen LogP contribution in [0.5, 0.6) is 0 Å². The minimum absolute atomic E-state index is 0.158. The number of rotatable bonds is 11. The fraction of sp³-hybridized carbons (Fsp3) is 0.486. The molecule has 7 nitrogen and oxygen atoms in total. The Kier molecular flexibility index (Phi) is 13.8. The van der Waals surface area contributed by atoms with E-state index < -0.39 is 30.9 Å². The molecule has 1 fully saturated rings. The van der Waals surface area contributed by atoms with E-state index in [0.29, 0.717) is 48.5 Å². The van der Waals surface area contributed by atoms with E-state index in [1.165, 1.54) is 6.08 Å². The summed E-state index contributed by atoms with van der Waals surface area (Å²) < 4.78 is 63.1. The summed E-state index contributed by atoms with van der Waals surface area (Å²) in [6.07, 6.45) is 10.0. The molecular formula is C35H42ClF4N3O4. The highest BCUT2D eigenvalue weighted by Gasteiger charge is 2.29. The van der Waals surface area contributed by atoms with Gasteiger partial charge >= 0.3 is 12.3 Å². The molecular weight excluding hydrogens is 638 g/mol. The summed E-state index contributed by atoms with van der Waals surface area (Å²) >= 11 is 6.16. The first-order valence-corrected chi connectivity index (χ1v) is 16.3. The van der Waals surface area contributed by atoms with Crippen LogP contribution in [-0.2, 0) is 9.47 Å². The van der Waals surface area contributed by atoms with Gasteiger partial charge in [-0.15, -0.1) is 0 Å². The van der Waals surface area contributed by atoms with Crippen LogP contribution < -0.4 is 10.6 Å². The van der Waals surface area contributed by atoms with Gasteiger partial charge < -0.3 is 25.2 Å². The lowest BCUT2D eigenvalue weighted by molar-refractivity contribution is -0.123. The number of carbonyl (C=O) groups excluding carboxylic acids is 1. The van der Waals surface area contributed by atoms with Crippen molar-refractivity contribution in [1.82, 2.24) is 10.6 Å². The third-order valence-corrected chi connectivity index (χ3v) is 8.55. The summed E-state index contributed by atoms with van der Waals surface area (Å²) in [6.45, 7) is 0.867. The van der Waals surface area contributed by atoms with Crippen molar-refractivity contribution in [3.8, 4) is 0 Å². The van der Waals surface area contributed by atoms with E-state index in [0.717, 1.165) is 24.0 Å². The van der Waals surface area contributed by atoms with Crippen LogP contribution in [0.3, 0.4) is 0 Å². The van der Waals surface area contributed by atoms with E-state index in [2.05, 4.69) is 23.5 Å². The number of aliphatic hydroxyl groups excluding tert-OH is 1. The second kappa shape index (κ2) is 17.8. The molecule has 1 saturated heterocycles. The number of hydrogen-bond donors (Lipinski definition) is 3. The van der Waals surface area contributed by atoms with Gasteiger partial charge in [0.05, 0.1) is 18.8 Å². The van der Waals surface area contributed by atoms with Gasteiger partial charge in [0, 0.05) is 34.7 Å². The number of halogens is 5. The summed E-state index contributed by atoms with van der Waals surface area (Å²) in [4.78, 5) is 16.3. The van der Waals surface area contributed by atoms with Gasteiger partial charge in [-0.3, -0.25) is 4.99 Å². The number of benzene rings is 1. The normalized spacial score (nSPS) is 24.8. The van der Waals surface area contributed by atoms with Crippen LogP contribution in [0, 0.1) is 5.92 Å². The van der Waals surface area contributed by atoms with Crippen LogP contribution in [0.15, 0.2) is 88.8 Å². The van der Waals surface area contributed by atoms with Crippen molar-refractivity contribution in [2.24, 2.45) is 10.9 Å². The van der Waals surface area contributed by atoms with Gasteiger partial charge in [0.2, 0.25) is 0 Å². The van der Waals surface area contributed by atoms with Gasteiger partial charge in [0.25, 0.3) is 0 Å². The van der Waals surface area contributed by atoms with Crippen LogP contribution in [0.25, 0.3) is 0 Å². The zero-order chi connectivity index (χ0) is 33.8. The number of hydrogen-bond acceptors (Lipinski definition) is 6. The lowest BCUT2D eigenvalue weighted by Gasteiger charge is -2.30. The number of morpholine rings is 1. The molecule has 4 rings (SSSR count). The average Bonchev–Trinajstić information content (AvgIpc) is 3.05. The Morgan fingerprint density at radius 2 is 2.02 bits per heavy atom. The zero-order valence-corrected chi connectivity index (χ0v) is 27.1. The summed E-state index contributed by atoms with van der Waals surface area (Å²) in [5.41, 5.74) is 3.09. The molecule has 5 unspecified atom stereocenters. The van der Waals surface area contributed by atoms with Crippen molar-refractivity contribution in [1.29, 1.82) is 0 Å². The van der Waals surface area contributed by atoms with E-state index in [-0.39, 0.29) is 37.2 Å². The van der Waals surface area contributed by atoms with Crippen LogP contribution in [0.2, 0.25) is 5.02 Å². The lowest BCUT2D eigenvalue weighted by Crippen LogP contribution is -2.49. The molecule has 3 N–H and O–H groups in total. The highest BCUT2D eigenvalue weighted by molar-refractivity contribution is 6.30. The molecule has 256 valence electrons. The van der Waals surface area contributed by atoms with E-state index in [4.69, 9.17) is 26.1 Å². The molecule has 0 saturated carbocycles. The third-order valence-electron chi connectivity index (χ3n) is 8.30. The van der Waals surface area contributed by atoms with E-state index in [9.17, 15) is 23.1 Å². The first-order valence-electron chi connectivity index (χ1n) is 15.9. The first kappa shape index (κ1) is 36.6. The Hall–Kier alpha value is -3.25. The lowest BCUT2D eigenvalue weighted by atomic mass is 9.83. The molecule has 0 bridgehead atoms. The molecule has 1 heterocycles. The molecule has 1 aliphatic heterocycles. The van der Waals surface area contributed by atoms with Crippen molar-refractivity contribution in [2.45, 2.75) is 75.9 Å². The third kappa shape index (κ3) is 12.1. The minimum Gasteiger partial charge on any atom is -0.448 e. The van der Waals surface area contributed by atoms with Gasteiger partial charge in [-0.2, -0.15) is 13.2 Å². The Balaban J connectivity index is 1.40. The number of aliphatic imine (C=N–C) groups is 1. The monoisotopic (exact) mass is 679 g/mol. The predicted molar refractivity (Wildman–Crippen MR) is 175 cm³/mol. The highest BCUT2D eigenvalue weighted by Crippen LogP contribution is 2.33. The van der Waals surface area contributed by atoms with Gasteiger partial charge in [0.15, 0.2) is 0 Å². The number of allylic oxidation sites excluding steroid dienone is 10. The molecule has 1 aromatic carbocycles. The van der Waals surface area contributed by atoms with Gasteiger partial charge in [-0.25, -0.2) is 9.18 Å². The molecule has 1 amide bonds. The van der Waals surface area contributed by atoms with Gasteiger partial charge in [0.1, 0.15) is 25.2 Å². The number of nitrogens with zero attached hydrogens (tertiary/aromatic N) is 1.